The number of rotatable bonds is 45. The Morgan fingerprint density at radius 1 is 0.454 bits per heavy atom. The summed E-state index contributed by atoms with van der Waals surface area (Å²) < 4.78 is 0. The van der Waals surface area contributed by atoms with Gasteiger partial charge in [0.2, 0.25) is 100 Å². The Morgan fingerprint density at radius 2 is 0.882 bits per heavy atom. The van der Waals surface area contributed by atoms with E-state index in [1.54, 1.807) is 39.8 Å². The van der Waals surface area contributed by atoms with Crippen LogP contribution in [-0.4, -0.2) is 268 Å². The first-order valence-corrected chi connectivity index (χ1v) is 38.9. The molecular weight excluding hydrogens is 1560 g/mol. The molecule has 43 heteroatoms. The molecule has 43 nitrogen and oxygen atoms in total. The summed E-state index contributed by atoms with van der Waals surface area (Å²) in [5.74, 6) is -20.0. The number of H-pyrrole nitrogens is 1. The highest BCUT2D eigenvalue weighted by atomic mass is 16.4. The molecule has 0 bridgehead atoms. The lowest BCUT2D eigenvalue weighted by atomic mass is 10.0. The van der Waals surface area contributed by atoms with Crippen LogP contribution >= 0.6 is 0 Å². The molecule has 650 valence electrons. The minimum Gasteiger partial charge on any atom is -0.508 e. The van der Waals surface area contributed by atoms with E-state index in [-0.39, 0.29) is 100 Å². The summed E-state index contributed by atoms with van der Waals surface area (Å²) in [7, 11) is 0. The van der Waals surface area contributed by atoms with Gasteiger partial charge in [-0.05, 0) is 125 Å². The van der Waals surface area contributed by atoms with Gasteiger partial charge in [0.1, 0.15) is 90.0 Å². The number of phenolic OH excluding ortho intramolecular Hbond substituents is 2. The van der Waals surface area contributed by atoms with Gasteiger partial charge < -0.3 is 122 Å². The standard InChI is InChI=1S/C76H108N20O23/c1-37(2)26-48(89-65(107)46(77)28-41-13-17-44(97)18-14-41)69(111)92-53(32-60(80)101)73(115)95-24-8-11-56(95)75(117)96-25-9-12-57(96)74(116)94-23-7-10-55(94)72(114)91-49(29-42-15-19-45(98)20-16-42)68(110)85-40(6)64(106)88-52(33-62(103)104)71(113)90-50(30-43-34-81-36-83-43)66(108)82-35-61(102)84-39(5)63(105)87-51(31-59(79)100)70(112)86-47(21-22-58(78)99)67(109)93-54(76(118)119)27-38(3)4/h13-20,34,36-40,46-57,97-98H,7-12,21-33,35,77H2,1-6H3,(H2,78,99)(H2,79,100)(H2,80,101)(H,81,83)(H,82,108)(H,84,102)(H,85,110)(H,86,112)(H,87,105)(H,88,106)(H,89,107)(H,90,113)(H,91,114)(H,92,111)(H,93,109)(H,103,104)(H,118,119)/t39-,40-,46-,47-,48-,49-,50-,51-,52-,53-,54-,55-,56-,57-/m0/s1. The number of amides is 17. The van der Waals surface area contributed by atoms with Gasteiger partial charge in [-0.3, -0.25) is 86.3 Å². The normalized spacial score (nSPS) is 17.8. The number of primary amides is 3. The molecule has 0 saturated carbocycles. The molecule has 6 rings (SSSR count). The Kier molecular flexibility index (Phi) is 35.9. The zero-order chi connectivity index (χ0) is 88.2. The number of aromatic hydroxyl groups is 2. The van der Waals surface area contributed by atoms with Crippen LogP contribution in [0.1, 0.15) is 142 Å². The third kappa shape index (κ3) is 29.7. The average molecular weight is 1670 g/mol. The molecule has 0 aliphatic carbocycles. The number of nitrogens with two attached hydrogens (primary N) is 4. The molecule has 14 atom stereocenters. The van der Waals surface area contributed by atoms with Crippen molar-refractivity contribution in [1.29, 1.82) is 0 Å². The first kappa shape index (κ1) is 95.0. The first-order chi connectivity index (χ1) is 56.1. The molecule has 3 aliphatic rings. The van der Waals surface area contributed by atoms with E-state index < -0.39 is 242 Å². The number of carboxylic acids is 2. The Balaban J connectivity index is 1.09. The van der Waals surface area contributed by atoms with Gasteiger partial charge in [0.05, 0.1) is 38.2 Å². The number of carbonyl (C=O) groups is 19. The SMILES string of the molecule is CC(C)C[C@H](NC(=O)[C@H](CCC(N)=O)NC(=O)[C@H](CC(N)=O)NC(=O)[C@H](C)NC(=O)CNC(=O)[C@H](Cc1cnc[nH]1)NC(=O)[C@H](CC(=O)O)NC(=O)[C@H](C)NC(=O)[C@H](Cc1ccc(O)cc1)NC(=O)[C@@H]1CCCN1C(=O)[C@@H]1CCCN1C(=O)[C@@H]1CCCN1C(=O)[C@H](CC(N)=O)NC(=O)[C@H](CC(C)C)NC(=O)[C@@H](N)Cc1ccc(O)cc1)C(=O)O. The van der Waals surface area contributed by atoms with E-state index in [4.69, 9.17) is 22.9 Å². The molecule has 1 aromatic heterocycles. The maximum absolute atomic E-state index is 14.8. The highest BCUT2D eigenvalue weighted by Gasteiger charge is 2.48. The number of carboxylic acid groups (broad SMARTS) is 2. The van der Waals surface area contributed by atoms with Crippen LogP contribution in [0.3, 0.4) is 0 Å². The fourth-order valence-corrected chi connectivity index (χ4v) is 13.7. The topological polar surface area (TPSA) is 680 Å². The molecule has 2 aromatic carbocycles. The summed E-state index contributed by atoms with van der Waals surface area (Å²) in [4.78, 5) is 267. The number of imidazole rings is 1. The van der Waals surface area contributed by atoms with E-state index in [2.05, 4.69) is 68.5 Å². The van der Waals surface area contributed by atoms with Gasteiger partial charge >= 0.3 is 11.9 Å². The number of aromatic nitrogens is 2. The average Bonchev–Trinajstić information content (AvgIpc) is 1.77. The lowest BCUT2D eigenvalue weighted by Crippen LogP contribution is -2.60. The monoisotopic (exact) mass is 1670 g/mol. The van der Waals surface area contributed by atoms with E-state index in [1.165, 1.54) is 63.6 Å². The second-order valence-electron chi connectivity index (χ2n) is 30.5. The summed E-state index contributed by atoms with van der Waals surface area (Å²) in [6.45, 7) is 8.42. The minimum atomic E-state index is -1.99. The number of benzene rings is 2. The predicted octanol–water partition coefficient (Wildman–Crippen LogP) is -6.18. The number of hydrogen-bond acceptors (Lipinski definition) is 23. The fraction of sp³-hybridized carbons (Fsp3) is 0.553. The summed E-state index contributed by atoms with van der Waals surface area (Å²) in [6, 6.07) is -9.31. The van der Waals surface area contributed by atoms with E-state index >= 15 is 0 Å². The summed E-state index contributed by atoms with van der Waals surface area (Å²) in [5, 5.41) is 65.7. The van der Waals surface area contributed by atoms with Gasteiger partial charge in [0.25, 0.3) is 0 Å². The lowest BCUT2D eigenvalue weighted by Gasteiger charge is -2.35. The van der Waals surface area contributed by atoms with Crippen LogP contribution in [0, 0.1) is 11.8 Å². The number of likely N-dealkylation sites (tertiary alicyclic amines) is 3. The molecule has 0 spiro atoms. The molecule has 3 saturated heterocycles. The van der Waals surface area contributed by atoms with E-state index in [0.29, 0.717) is 24.0 Å². The maximum Gasteiger partial charge on any atom is 0.326 e. The van der Waals surface area contributed by atoms with Gasteiger partial charge in [-0.2, -0.15) is 0 Å². The molecule has 4 heterocycles. The van der Waals surface area contributed by atoms with Gasteiger partial charge in [-0.15, -0.1) is 0 Å². The van der Waals surface area contributed by atoms with Crippen LogP contribution in [0.4, 0.5) is 0 Å². The number of aromatic amines is 1. The first-order valence-electron chi connectivity index (χ1n) is 38.9. The van der Waals surface area contributed by atoms with Crippen molar-refractivity contribution >= 4 is 112 Å². The Labute approximate surface area is 683 Å². The van der Waals surface area contributed by atoms with Crippen molar-refractivity contribution in [3.8, 4) is 11.5 Å². The van der Waals surface area contributed by atoms with Crippen LogP contribution in [0.15, 0.2) is 61.1 Å². The molecule has 3 aromatic rings. The van der Waals surface area contributed by atoms with Crippen molar-refractivity contribution in [2.75, 3.05) is 26.2 Å². The van der Waals surface area contributed by atoms with Crippen LogP contribution < -0.4 is 81.4 Å². The third-order valence-electron chi connectivity index (χ3n) is 19.8. The van der Waals surface area contributed by atoms with Crippen LogP contribution in [0.2, 0.25) is 0 Å². The number of aliphatic carboxylic acids is 2. The third-order valence-corrected chi connectivity index (χ3v) is 19.8. The highest BCUT2D eigenvalue weighted by Crippen LogP contribution is 2.30. The van der Waals surface area contributed by atoms with E-state index in [0.717, 1.165) is 13.8 Å². The Morgan fingerprint density at radius 3 is 1.40 bits per heavy atom. The molecule has 3 aliphatic heterocycles. The van der Waals surface area contributed by atoms with Gasteiger partial charge in [-0.25, -0.2) is 9.78 Å². The van der Waals surface area contributed by atoms with Crippen molar-refractivity contribution < 1.29 is 112 Å². The number of nitrogens with zero attached hydrogens (tertiary/aromatic N) is 4. The Bertz CT molecular complexity index is 4190. The minimum absolute atomic E-state index is 0.00304. The van der Waals surface area contributed by atoms with Gasteiger partial charge in [-0.1, -0.05) is 52.0 Å². The predicted molar refractivity (Wildman–Crippen MR) is 417 cm³/mol. The van der Waals surface area contributed by atoms with Crippen LogP contribution in [-0.2, 0) is 110 Å². The molecule has 0 unspecified atom stereocenters. The number of nitrogens with one attached hydrogen (secondary N) is 12. The largest absolute Gasteiger partial charge is 0.508 e. The van der Waals surface area contributed by atoms with Crippen molar-refractivity contribution in [1.82, 2.24) is 83.2 Å². The fourth-order valence-electron chi connectivity index (χ4n) is 13.7. The van der Waals surface area contributed by atoms with Crippen molar-refractivity contribution in [3.05, 3.63) is 77.9 Å². The number of hydrogen-bond donors (Lipinski definition) is 20. The molecule has 24 N–H and O–H groups in total. The molecule has 3 fully saturated rings. The summed E-state index contributed by atoms with van der Waals surface area (Å²) in [5.41, 5.74) is 23.7. The zero-order valence-electron chi connectivity index (χ0n) is 66.8. The number of phenols is 2. The van der Waals surface area contributed by atoms with Gasteiger partial charge in [0.15, 0.2) is 0 Å². The smallest absolute Gasteiger partial charge is 0.326 e. The van der Waals surface area contributed by atoms with Gasteiger partial charge in [0, 0.05) is 50.8 Å². The maximum atomic E-state index is 14.8. The molecular formula is C76H108N20O23. The van der Waals surface area contributed by atoms with Crippen molar-refractivity contribution in [3.63, 3.8) is 0 Å². The molecule has 17 amide bonds. The quantitative estimate of drug-likeness (QED) is 0.0250. The second-order valence-corrected chi connectivity index (χ2v) is 30.5. The summed E-state index contributed by atoms with van der Waals surface area (Å²) in [6.07, 6.45) is -0.467. The van der Waals surface area contributed by atoms with Crippen LogP contribution in [0.5, 0.6) is 11.5 Å². The second kappa shape index (κ2) is 45.0. The van der Waals surface area contributed by atoms with E-state index in [1.807, 2.05) is 0 Å². The highest BCUT2D eigenvalue weighted by molar-refractivity contribution is 6.02. The van der Waals surface area contributed by atoms with E-state index in [9.17, 15) is 112 Å². The zero-order valence-corrected chi connectivity index (χ0v) is 66.8. The molecule has 119 heavy (non-hydrogen) atoms. The summed E-state index contributed by atoms with van der Waals surface area (Å²) >= 11 is 0. The van der Waals surface area contributed by atoms with Crippen molar-refractivity contribution in [2.24, 2.45) is 34.8 Å². The van der Waals surface area contributed by atoms with Crippen molar-refractivity contribution in [2.45, 2.75) is 229 Å². The van der Waals surface area contributed by atoms with Crippen LogP contribution in [0.25, 0.3) is 0 Å². The number of carbonyl (C=O) groups excluding carboxylic acids is 17. The lowest BCUT2D eigenvalue weighted by molar-refractivity contribution is -0.151. The molecule has 0 radical (unpaired) electrons. The Hall–Kier alpha value is -12.9.